The van der Waals surface area contributed by atoms with Crippen molar-refractivity contribution in [2.45, 2.75) is 13.1 Å². The fraction of sp³-hybridized carbons (Fsp3) is 0.368. The van der Waals surface area contributed by atoms with Crippen LogP contribution in [0.15, 0.2) is 24.4 Å². The summed E-state index contributed by atoms with van der Waals surface area (Å²) in [5.41, 5.74) is -0.205. The van der Waals surface area contributed by atoms with Gasteiger partial charge in [-0.05, 0) is 30.7 Å². The second-order valence-electron chi connectivity index (χ2n) is 7.10. The lowest BCUT2D eigenvalue weighted by molar-refractivity contribution is -0.137. The van der Waals surface area contributed by atoms with Crippen LogP contribution in [0.25, 0.3) is 17.0 Å². The molecular weight excluding hydrogens is 417 g/mol. The molecule has 12 heteroatoms. The first kappa shape index (κ1) is 20.7. The van der Waals surface area contributed by atoms with Gasteiger partial charge in [-0.3, -0.25) is 0 Å². The molecule has 1 fully saturated rings. The van der Waals surface area contributed by atoms with Crippen LogP contribution < -0.4 is 4.90 Å². The van der Waals surface area contributed by atoms with Crippen LogP contribution in [0.2, 0.25) is 0 Å². The highest BCUT2D eigenvalue weighted by molar-refractivity contribution is 5.72. The summed E-state index contributed by atoms with van der Waals surface area (Å²) in [5.74, 6) is 0.145. The van der Waals surface area contributed by atoms with Crippen molar-refractivity contribution in [1.29, 1.82) is 0 Å². The van der Waals surface area contributed by atoms with Crippen LogP contribution in [0.5, 0.6) is 5.75 Å². The lowest BCUT2D eigenvalue weighted by Gasteiger charge is -2.32. The van der Waals surface area contributed by atoms with Crippen LogP contribution in [0.3, 0.4) is 0 Å². The number of carbonyl (C=O) groups excluding carboxylic acids is 1. The van der Waals surface area contributed by atoms with Gasteiger partial charge in [0.1, 0.15) is 5.75 Å². The third-order valence-corrected chi connectivity index (χ3v) is 5.09. The number of nitrogens with zero attached hydrogens (tertiary/aromatic N) is 6. The van der Waals surface area contributed by atoms with Gasteiger partial charge in [-0.1, -0.05) is 0 Å². The predicted octanol–water partition coefficient (Wildman–Crippen LogP) is 2.71. The molecule has 3 heterocycles. The second-order valence-corrected chi connectivity index (χ2v) is 7.10. The minimum absolute atomic E-state index is 0.201. The van der Waals surface area contributed by atoms with E-state index in [1.54, 1.807) is 17.2 Å². The number of amides is 1. The number of ether oxygens (including phenoxy) is 1. The van der Waals surface area contributed by atoms with Gasteiger partial charge in [0.15, 0.2) is 0 Å². The predicted molar refractivity (Wildman–Crippen MR) is 104 cm³/mol. The number of halogens is 3. The normalized spacial score (nSPS) is 14.9. The monoisotopic (exact) mass is 436 g/mol. The van der Waals surface area contributed by atoms with Gasteiger partial charge in [0.25, 0.3) is 5.78 Å². The number of aryl methyl sites for hydroxylation is 1. The minimum Gasteiger partial charge on any atom is -0.507 e. The summed E-state index contributed by atoms with van der Waals surface area (Å²) in [4.78, 5) is 23.9. The maximum Gasteiger partial charge on any atom is 0.416 e. The molecular formula is C19H19F3N6O3. The highest BCUT2D eigenvalue weighted by Crippen LogP contribution is 2.38. The van der Waals surface area contributed by atoms with Crippen molar-refractivity contribution in [3.63, 3.8) is 0 Å². The number of hydrogen-bond acceptors (Lipinski definition) is 7. The van der Waals surface area contributed by atoms with Crippen LogP contribution >= 0.6 is 0 Å². The van der Waals surface area contributed by atoms with Crippen molar-refractivity contribution in [3.8, 4) is 17.0 Å². The van der Waals surface area contributed by atoms with E-state index in [9.17, 15) is 23.1 Å². The zero-order valence-corrected chi connectivity index (χ0v) is 16.7. The van der Waals surface area contributed by atoms with Gasteiger partial charge < -0.3 is 19.6 Å². The molecule has 1 N–H and O–H groups in total. The molecule has 0 bridgehead atoms. The number of phenols is 1. The highest BCUT2D eigenvalue weighted by Gasteiger charge is 2.32. The van der Waals surface area contributed by atoms with E-state index >= 15 is 0 Å². The fourth-order valence-electron chi connectivity index (χ4n) is 3.52. The van der Waals surface area contributed by atoms with Gasteiger partial charge in [0, 0.05) is 37.9 Å². The van der Waals surface area contributed by atoms with Crippen molar-refractivity contribution < 1.29 is 27.8 Å². The topological polar surface area (TPSA) is 96.1 Å². The standard InChI is InChI=1S/C19H19F3N6O3/c1-11-9-12(19(20,21)22)10-14(29)15(11)13-3-4-28-16(23-13)24-17(25-28)26-5-7-27(8-6-26)18(30)31-2/h3-4,9-10,29H,5-8H2,1-2H3. The number of methoxy groups -OCH3 is 1. The third kappa shape index (κ3) is 3.92. The molecule has 9 nitrogen and oxygen atoms in total. The summed E-state index contributed by atoms with van der Waals surface area (Å²) < 4.78 is 45.1. The number of aromatic hydroxyl groups is 1. The molecule has 0 saturated carbocycles. The SMILES string of the molecule is COC(=O)N1CCN(c2nc3nc(-c4c(C)cc(C(F)(F)F)cc4O)ccn3n2)CC1. The van der Waals surface area contributed by atoms with Gasteiger partial charge in [-0.2, -0.15) is 18.2 Å². The molecule has 0 atom stereocenters. The van der Waals surface area contributed by atoms with Crippen molar-refractivity contribution >= 4 is 17.8 Å². The Morgan fingerprint density at radius 2 is 1.87 bits per heavy atom. The van der Waals surface area contributed by atoms with E-state index in [0.29, 0.717) is 38.2 Å². The molecule has 1 aliphatic rings. The van der Waals surface area contributed by atoms with Crippen LogP contribution in [-0.4, -0.2) is 69.0 Å². The number of hydrogen-bond donors (Lipinski definition) is 1. The Hall–Kier alpha value is -3.57. The maximum atomic E-state index is 13.0. The van der Waals surface area contributed by atoms with Crippen LogP contribution in [-0.2, 0) is 10.9 Å². The van der Waals surface area contributed by atoms with Gasteiger partial charge in [-0.25, -0.2) is 14.3 Å². The van der Waals surface area contributed by atoms with Crippen LogP contribution in [0.4, 0.5) is 23.9 Å². The summed E-state index contributed by atoms with van der Waals surface area (Å²) in [7, 11) is 1.33. The molecule has 0 radical (unpaired) electrons. The molecule has 0 aliphatic carbocycles. The maximum absolute atomic E-state index is 13.0. The zero-order valence-electron chi connectivity index (χ0n) is 16.7. The first-order valence-electron chi connectivity index (χ1n) is 9.40. The lowest BCUT2D eigenvalue weighted by Crippen LogP contribution is -2.49. The van der Waals surface area contributed by atoms with Gasteiger partial charge in [0.2, 0.25) is 5.95 Å². The molecule has 1 saturated heterocycles. The first-order chi connectivity index (χ1) is 14.7. The summed E-state index contributed by atoms with van der Waals surface area (Å²) in [6.07, 6.45) is -3.37. The quantitative estimate of drug-likeness (QED) is 0.660. The fourth-order valence-corrected chi connectivity index (χ4v) is 3.52. The van der Waals surface area contributed by atoms with Gasteiger partial charge >= 0.3 is 12.3 Å². The minimum atomic E-state index is -4.56. The van der Waals surface area contributed by atoms with E-state index in [4.69, 9.17) is 4.74 Å². The molecule has 31 heavy (non-hydrogen) atoms. The number of aromatic nitrogens is 4. The molecule has 4 rings (SSSR count). The lowest BCUT2D eigenvalue weighted by atomic mass is 10.0. The average Bonchev–Trinajstić information content (AvgIpc) is 3.15. The molecule has 0 unspecified atom stereocenters. The van der Waals surface area contributed by atoms with Crippen molar-refractivity contribution in [1.82, 2.24) is 24.5 Å². The molecule has 164 valence electrons. The number of rotatable bonds is 2. The number of piperazine rings is 1. The number of anilines is 1. The van der Waals surface area contributed by atoms with Crippen molar-refractivity contribution in [2.75, 3.05) is 38.2 Å². The third-order valence-electron chi connectivity index (χ3n) is 5.09. The van der Waals surface area contributed by atoms with Crippen LogP contribution in [0.1, 0.15) is 11.1 Å². The first-order valence-corrected chi connectivity index (χ1v) is 9.40. The summed E-state index contributed by atoms with van der Waals surface area (Å²) >= 11 is 0. The number of fused-ring (bicyclic) bond motifs is 1. The number of phenolic OH excluding ortho intramolecular Hbond substituents is 1. The summed E-state index contributed by atoms with van der Waals surface area (Å²) in [5, 5.41) is 14.6. The van der Waals surface area contributed by atoms with Crippen LogP contribution in [0, 0.1) is 6.92 Å². The molecule has 1 amide bonds. The van der Waals surface area contributed by atoms with E-state index in [-0.39, 0.29) is 28.7 Å². The number of carbonyl (C=O) groups is 1. The second kappa shape index (κ2) is 7.60. The number of benzene rings is 1. The smallest absolute Gasteiger partial charge is 0.416 e. The molecule has 1 aromatic carbocycles. The van der Waals surface area contributed by atoms with Gasteiger partial charge in [0.05, 0.1) is 18.4 Å². The zero-order chi connectivity index (χ0) is 22.3. The molecule has 2 aromatic heterocycles. The van der Waals surface area contributed by atoms with Crippen molar-refractivity contribution in [3.05, 3.63) is 35.5 Å². The Labute approximate surface area is 174 Å². The average molecular weight is 436 g/mol. The molecule has 0 spiro atoms. The summed E-state index contributed by atoms with van der Waals surface area (Å²) in [6, 6.07) is 3.21. The highest BCUT2D eigenvalue weighted by atomic mass is 19.4. The Morgan fingerprint density at radius 3 is 2.48 bits per heavy atom. The van der Waals surface area contributed by atoms with E-state index in [1.165, 1.54) is 18.5 Å². The molecule has 1 aliphatic heterocycles. The molecule has 3 aromatic rings. The van der Waals surface area contributed by atoms with E-state index < -0.39 is 17.5 Å². The Bertz CT molecular complexity index is 1120. The van der Waals surface area contributed by atoms with E-state index in [2.05, 4.69) is 15.1 Å². The van der Waals surface area contributed by atoms with Gasteiger partial charge in [-0.15, -0.1) is 5.10 Å². The Morgan fingerprint density at radius 1 is 1.16 bits per heavy atom. The number of alkyl halides is 3. The van der Waals surface area contributed by atoms with Crippen molar-refractivity contribution in [2.24, 2.45) is 0 Å². The largest absolute Gasteiger partial charge is 0.507 e. The summed E-state index contributed by atoms with van der Waals surface area (Å²) in [6.45, 7) is 3.42. The van der Waals surface area contributed by atoms with E-state index in [1.807, 2.05) is 4.90 Å². The van der Waals surface area contributed by atoms with E-state index in [0.717, 1.165) is 6.07 Å². The Kier molecular flexibility index (Phi) is 5.07. The Balaban J connectivity index is 1.61.